The molecule has 2 N–H and O–H groups in total. The Morgan fingerprint density at radius 1 is 1.16 bits per heavy atom. The predicted octanol–water partition coefficient (Wildman–Crippen LogP) is 4.53. The van der Waals surface area contributed by atoms with Crippen molar-refractivity contribution in [2.45, 2.75) is 6.18 Å². The molecule has 0 aliphatic rings. The first-order valence-corrected chi connectivity index (χ1v) is 7.36. The molecule has 0 radical (unpaired) electrons. The van der Waals surface area contributed by atoms with E-state index in [1.807, 2.05) is 0 Å². The Bertz CT molecular complexity index is 754. The number of hydrogen-bond donors (Lipinski definition) is 2. The van der Waals surface area contributed by atoms with Crippen LogP contribution in [0.1, 0.15) is 5.56 Å². The average molecular weight is 375 g/mol. The molecule has 0 saturated heterocycles. The molecule has 0 aromatic heterocycles. The second-order valence-electron chi connectivity index (χ2n) is 4.76. The fourth-order valence-corrected chi connectivity index (χ4v) is 2.12. The molecule has 2 aromatic carbocycles. The number of urea groups is 1. The fraction of sp³-hybridized carbons (Fsp3) is 0.188. The molecule has 0 atom stereocenters. The number of nitrogens with one attached hydrogen (secondary N) is 2. The van der Waals surface area contributed by atoms with Crippen molar-refractivity contribution in [2.75, 3.05) is 19.2 Å². The summed E-state index contributed by atoms with van der Waals surface area (Å²) in [4.78, 5) is 11.8. The summed E-state index contributed by atoms with van der Waals surface area (Å²) in [5.41, 5.74) is -1.45. The standard InChI is InChI=1S/C16H14ClF3N2O3/c1-24-13-4-2-3-5-14(13)25-9-21-15(23)22-12-7-6-10(17)8-11(12)16(18,19)20/h2-8H,9H2,1H3,(H2,21,22,23). The summed E-state index contributed by atoms with van der Waals surface area (Å²) in [5.74, 6) is 0.842. The lowest BCUT2D eigenvalue weighted by Gasteiger charge is -2.15. The van der Waals surface area contributed by atoms with Crippen molar-refractivity contribution in [3.63, 3.8) is 0 Å². The zero-order valence-corrected chi connectivity index (χ0v) is 13.7. The number of anilines is 1. The predicted molar refractivity (Wildman–Crippen MR) is 87.1 cm³/mol. The molecule has 0 unspecified atom stereocenters. The Balaban J connectivity index is 1.97. The van der Waals surface area contributed by atoms with E-state index in [1.165, 1.54) is 13.2 Å². The highest BCUT2D eigenvalue weighted by Gasteiger charge is 2.34. The lowest BCUT2D eigenvalue weighted by molar-refractivity contribution is -0.136. The zero-order valence-electron chi connectivity index (χ0n) is 13.0. The van der Waals surface area contributed by atoms with Crippen LogP contribution in [-0.4, -0.2) is 19.9 Å². The molecule has 134 valence electrons. The summed E-state index contributed by atoms with van der Waals surface area (Å²) in [6.45, 7) is -0.263. The monoisotopic (exact) mass is 374 g/mol. The van der Waals surface area contributed by atoms with Gasteiger partial charge in [0.2, 0.25) is 0 Å². The fourth-order valence-electron chi connectivity index (χ4n) is 1.94. The van der Waals surface area contributed by atoms with Crippen LogP contribution in [0.3, 0.4) is 0 Å². The topological polar surface area (TPSA) is 59.6 Å². The number of rotatable bonds is 5. The molecule has 2 rings (SSSR count). The van der Waals surface area contributed by atoms with Crippen LogP contribution in [0.2, 0.25) is 5.02 Å². The number of benzene rings is 2. The molecule has 5 nitrogen and oxygen atoms in total. The number of carbonyl (C=O) groups excluding carboxylic acids is 1. The molecule has 25 heavy (non-hydrogen) atoms. The van der Waals surface area contributed by atoms with Crippen molar-refractivity contribution in [2.24, 2.45) is 0 Å². The molecular formula is C16H14ClF3N2O3. The Labute approximate surface area is 146 Å². The Morgan fingerprint density at radius 3 is 2.48 bits per heavy atom. The number of ether oxygens (including phenoxy) is 2. The molecule has 9 heteroatoms. The molecular weight excluding hydrogens is 361 g/mol. The van der Waals surface area contributed by atoms with Crippen molar-refractivity contribution in [3.8, 4) is 11.5 Å². The van der Waals surface area contributed by atoms with Gasteiger partial charge in [-0.1, -0.05) is 23.7 Å². The number of carbonyl (C=O) groups is 1. The third-order valence-electron chi connectivity index (χ3n) is 3.06. The quantitative estimate of drug-likeness (QED) is 0.756. The zero-order chi connectivity index (χ0) is 18.4. The Hall–Kier alpha value is -2.61. The number of amides is 2. The molecule has 0 aliphatic carbocycles. The summed E-state index contributed by atoms with van der Waals surface area (Å²) < 4.78 is 49.3. The minimum absolute atomic E-state index is 0.0854. The Morgan fingerprint density at radius 2 is 1.84 bits per heavy atom. The first kappa shape index (κ1) is 18.7. The first-order chi connectivity index (χ1) is 11.8. The van der Waals surface area contributed by atoms with Crippen molar-refractivity contribution in [3.05, 3.63) is 53.1 Å². The highest BCUT2D eigenvalue weighted by atomic mass is 35.5. The molecule has 0 spiro atoms. The smallest absolute Gasteiger partial charge is 0.418 e. The number of alkyl halides is 3. The maximum absolute atomic E-state index is 13.0. The van der Waals surface area contributed by atoms with Crippen LogP contribution in [-0.2, 0) is 6.18 Å². The van der Waals surface area contributed by atoms with Crippen LogP contribution in [0.5, 0.6) is 11.5 Å². The van der Waals surface area contributed by atoms with Crippen LogP contribution in [0.4, 0.5) is 23.7 Å². The second kappa shape index (κ2) is 7.98. The van der Waals surface area contributed by atoms with Crippen molar-refractivity contribution in [1.29, 1.82) is 0 Å². The van der Waals surface area contributed by atoms with Crippen LogP contribution in [0.25, 0.3) is 0 Å². The van der Waals surface area contributed by atoms with Crippen LogP contribution in [0, 0.1) is 0 Å². The largest absolute Gasteiger partial charge is 0.493 e. The molecule has 2 aromatic rings. The molecule has 0 aliphatic heterocycles. The van der Waals surface area contributed by atoms with Gasteiger partial charge < -0.3 is 20.1 Å². The van der Waals surface area contributed by atoms with Gasteiger partial charge in [-0.2, -0.15) is 13.2 Å². The minimum atomic E-state index is -4.65. The Kier molecular flexibility index (Phi) is 5.97. The van der Waals surface area contributed by atoms with Crippen LogP contribution >= 0.6 is 11.6 Å². The molecule has 0 fully saturated rings. The van der Waals surface area contributed by atoms with E-state index in [-0.39, 0.29) is 11.8 Å². The summed E-state index contributed by atoms with van der Waals surface area (Å²) in [6, 6.07) is 8.94. The number of halogens is 4. The van der Waals surface area contributed by atoms with E-state index in [9.17, 15) is 18.0 Å². The summed E-state index contributed by atoms with van der Waals surface area (Å²) >= 11 is 5.58. The van der Waals surface area contributed by atoms with Gasteiger partial charge in [-0.3, -0.25) is 0 Å². The lowest BCUT2D eigenvalue weighted by atomic mass is 10.1. The van der Waals surface area contributed by atoms with Crippen molar-refractivity contribution >= 4 is 23.3 Å². The number of para-hydroxylation sites is 2. The molecule has 0 saturated carbocycles. The van der Waals surface area contributed by atoms with E-state index in [0.29, 0.717) is 11.5 Å². The van der Waals surface area contributed by atoms with E-state index in [4.69, 9.17) is 21.1 Å². The third-order valence-corrected chi connectivity index (χ3v) is 3.30. The van der Waals surface area contributed by atoms with Gasteiger partial charge in [0.1, 0.15) is 0 Å². The summed E-state index contributed by atoms with van der Waals surface area (Å²) in [6.07, 6.45) is -4.65. The van der Waals surface area contributed by atoms with E-state index in [1.54, 1.807) is 24.3 Å². The second-order valence-corrected chi connectivity index (χ2v) is 5.19. The minimum Gasteiger partial charge on any atom is -0.493 e. The SMILES string of the molecule is COc1ccccc1OCNC(=O)Nc1ccc(Cl)cc1C(F)(F)F. The maximum Gasteiger partial charge on any atom is 0.418 e. The van der Waals surface area contributed by atoms with E-state index in [2.05, 4.69) is 10.6 Å². The third kappa shape index (κ3) is 5.18. The van der Waals surface area contributed by atoms with Gasteiger partial charge in [0.15, 0.2) is 18.2 Å². The van der Waals surface area contributed by atoms with E-state index < -0.39 is 23.5 Å². The van der Waals surface area contributed by atoms with E-state index in [0.717, 1.165) is 12.1 Å². The summed E-state index contributed by atoms with van der Waals surface area (Å²) in [7, 11) is 1.46. The number of methoxy groups -OCH3 is 1. The van der Waals surface area contributed by atoms with Crippen molar-refractivity contribution in [1.82, 2.24) is 5.32 Å². The van der Waals surface area contributed by atoms with Gasteiger partial charge >= 0.3 is 12.2 Å². The lowest BCUT2D eigenvalue weighted by Crippen LogP contribution is -2.32. The summed E-state index contributed by atoms with van der Waals surface area (Å²) in [5, 5.41) is 4.33. The van der Waals surface area contributed by atoms with Crippen molar-refractivity contribution < 1.29 is 27.4 Å². The first-order valence-electron chi connectivity index (χ1n) is 6.98. The van der Waals surface area contributed by atoms with Gasteiger partial charge in [0.25, 0.3) is 0 Å². The van der Waals surface area contributed by atoms with Gasteiger partial charge in [-0.25, -0.2) is 4.79 Å². The molecule has 0 heterocycles. The van der Waals surface area contributed by atoms with Crippen LogP contribution in [0.15, 0.2) is 42.5 Å². The highest BCUT2D eigenvalue weighted by molar-refractivity contribution is 6.30. The molecule has 0 bridgehead atoms. The number of hydrogen-bond acceptors (Lipinski definition) is 3. The van der Waals surface area contributed by atoms with Crippen LogP contribution < -0.4 is 20.1 Å². The van der Waals surface area contributed by atoms with Gasteiger partial charge in [0, 0.05) is 5.02 Å². The van der Waals surface area contributed by atoms with Gasteiger partial charge in [0.05, 0.1) is 18.4 Å². The average Bonchev–Trinajstić information content (AvgIpc) is 2.56. The van der Waals surface area contributed by atoms with E-state index >= 15 is 0 Å². The normalized spacial score (nSPS) is 10.9. The maximum atomic E-state index is 13.0. The van der Waals surface area contributed by atoms with Gasteiger partial charge in [-0.15, -0.1) is 0 Å². The highest BCUT2D eigenvalue weighted by Crippen LogP contribution is 2.36. The van der Waals surface area contributed by atoms with Gasteiger partial charge in [-0.05, 0) is 30.3 Å². The molecule has 2 amide bonds.